The number of rotatable bonds is 6. The van der Waals surface area contributed by atoms with Gasteiger partial charge in [0, 0.05) is 18.8 Å². The van der Waals surface area contributed by atoms with Gasteiger partial charge in [-0.15, -0.1) is 0 Å². The summed E-state index contributed by atoms with van der Waals surface area (Å²) >= 11 is 6.13. The second-order valence-corrected chi connectivity index (χ2v) is 9.73. The van der Waals surface area contributed by atoms with Crippen molar-refractivity contribution >= 4 is 33.2 Å². The van der Waals surface area contributed by atoms with Crippen molar-refractivity contribution in [3.8, 4) is 0 Å². The first-order valence-electron chi connectivity index (χ1n) is 9.59. The molecule has 1 aliphatic heterocycles. The molecule has 2 unspecified atom stereocenters. The Balaban J connectivity index is 1.64. The zero-order valence-electron chi connectivity index (χ0n) is 15.6. The maximum atomic E-state index is 12.8. The molecule has 0 bridgehead atoms. The Labute approximate surface area is 166 Å². The fourth-order valence-electron chi connectivity index (χ4n) is 3.76. The summed E-state index contributed by atoms with van der Waals surface area (Å²) in [7, 11) is -3.65. The van der Waals surface area contributed by atoms with Crippen molar-refractivity contribution in [3.63, 3.8) is 0 Å². The van der Waals surface area contributed by atoms with Gasteiger partial charge >= 0.3 is 0 Å². The normalized spacial score (nSPS) is 24.1. The molecule has 0 radical (unpaired) electrons. The first-order chi connectivity index (χ1) is 12.9. The second-order valence-electron chi connectivity index (χ2n) is 7.42. The van der Waals surface area contributed by atoms with Gasteiger partial charge in [-0.25, -0.2) is 8.42 Å². The van der Waals surface area contributed by atoms with E-state index in [4.69, 9.17) is 16.3 Å². The van der Waals surface area contributed by atoms with Gasteiger partial charge in [-0.2, -0.15) is 4.31 Å². The van der Waals surface area contributed by atoms with Gasteiger partial charge in [-0.1, -0.05) is 31.4 Å². The molecule has 1 N–H and O–H groups in total. The Morgan fingerprint density at radius 2 is 1.93 bits per heavy atom. The third kappa shape index (κ3) is 5.02. The molecule has 1 saturated carbocycles. The molecular weight excluding hydrogens is 388 g/mol. The van der Waals surface area contributed by atoms with E-state index < -0.39 is 10.0 Å². The lowest BCUT2D eigenvalue weighted by Gasteiger charge is -2.28. The van der Waals surface area contributed by atoms with Gasteiger partial charge in [0.05, 0.1) is 11.1 Å². The third-order valence-corrected chi connectivity index (χ3v) is 7.74. The largest absolute Gasteiger partial charge is 0.368 e. The summed E-state index contributed by atoms with van der Waals surface area (Å²) in [6.45, 7) is 3.12. The number of hydrogen-bond acceptors (Lipinski definition) is 4. The van der Waals surface area contributed by atoms with E-state index in [1.54, 1.807) is 6.07 Å². The van der Waals surface area contributed by atoms with E-state index in [2.05, 4.69) is 12.2 Å². The Bertz CT molecular complexity index is 778. The summed E-state index contributed by atoms with van der Waals surface area (Å²) in [5, 5.41) is 2.88. The smallest absolute Gasteiger partial charge is 0.250 e. The second kappa shape index (κ2) is 8.90. The lowest BCUT2D eigenvalue weighted by atomic mass is 9.88. The molecule has 1 aromatic carbocycles. The number of amides is 1. The fraction of sp³-hybridized carbons (Fsp3) is 0.632. The number of benzene rings is 1. The molecule has 150 valence electrons. The van der Waals surface area contributed by atoms with E-state index in [1.807, 2.05) is 0 Å². The SMILES string of the molecule is CC1CCCCC1OCC(=O)Nc1ccc(Cl)c(S(=O)(=O)N2CCCC2)c1. The van der Waals surface area contributed by atoms with Crippen molar-refractivity contribution in [1.82, 2.24) is 4.31 Å². The summed E-state index contributed by atoms with van der Waals surface area (Å²) in [6.07, 6.45) is 6.27. The Morgan fingerprint density at radius 3 is 2.63 bits per heavy atom. The number of nitrogens with zero attached hydrogens (tertiary/aromatic N) is 1. The lowest BCUT2D eigenvalue weighted by Crippen LogP contribution is -2.30. The van der Waals surface area contributed by atoms with Crippen molar-refractivity contribution in [2.75, 3.05) is 25.0 Å². The minimum Gasteiger partial charge on any atom is -0.368 e. The average Bonchev–Trinajstić information content (AvgIpc) is 3.18. The van der Waals surface area contributed by atoms with Gasteiger partial charge in [0.15, 0.2) is 0 Å². The minimum atomic E-state index is -3.65. The van der Waals surface area contributed by atoms with E-state index in [1.165, 1.54) is 22.9 Å². The van der Waals surface area contributed by atoms with Gasteiger partial charge in [0.25, 0.3) is 0 Å². The van der Waals surface area contributed by atoms with Crippen LogP contribution < -0.4 is 5.32 Å². The zero-order chi connectivity index (χ0) is 19.4. The fourth-order valence-corrected chi connectivity index (χ4v) is 5.77. The minimum absolute atomic E-state index is 0.0330. The number of nitrogens with one attached hydrogen (secondary N) is 1. The van der Waals surface area contributed by atoms with Gasteiger partial charge in [0.1, 0.15) is 11.5 Å². The van der Waals surface area contributed by atoms with Crippen LogP contribution in [-0.2, 0) is 19.6 Å². The standard InChI is InChI=1S/C19H27ClN2O4S/c1-14-6-2-3-7-17(14)26-13-19(23)21-15-8-9-16(20)18(12-15)27(24,25)22-10-4-5-11-22/h8-9,12,14,17H,2-7,10-11,13H2,1H3,(H,21,23). The molecule has 6 nitrogen and oxygen atoms in total. The van der Waals surface area contributed by atoms with Gasteiger partial charge < -0.3 is 10.1 Å². The molecule has 27 heavy (non-hydrogen) atoms. The molecule has 2 fully saturated rings. The predicted octanol–water partition coefficient (Wildman–Crippen LogP) is 3.66. The van der Waals surface area contributed by atoms with Crippen molar-refractivity contribution in [2.45, 2.75) is 56.4 Å². The molecule has 2 atom stereocenters. The van der Waals surface area contributed by atoms with E-state index in [9.17, 15) is 13.2 Å². The topological polar surface area (TPSA) is 75.7 Å². The molecule has 1 heterocycles. The molecule has 1 saturated heterocycles. The maximum absolute atomic E-state index is 12.8. The van der Waals surface area contributed by atoms with Crippen LogP contribution in [0.5, 0.6) is 0 Å². The highest BCUT2D eigenvalue weighted by Crippen LogP contribution is 2.30. The Hall–Kier alpha value is -1.15. The molecule has 0 aromatic heterocycles. The van der Waals surface area contributed by atoms with E-state index in [-0.39, 0.29) is 28.5 Å². The monoisotopic (exact) mass is 414 g/mol. The summed E-state index contributed by atoms with van der Waals surface area (Å²) in [5.74, 6) is 0.166. The highest BCUT2D eigenvalue weighted by molar-refractivity contribution is 7.89. The number of sulfonamides is 1. The molecule has 0 spiro atoms. The summed E-state index contributed by atoms with van der Waals surface area (Å²) in [6, 6.07) is 4.54. The van der Waals surface area contributed by atoms with E-state index in [0.29, 0.717) is 24.7 Å². The predicted molar refractivity (Wildman–Crippen MR) is 105 cm³/mol. The van der Waals surface area contributed by atoms with Crippen LogP contribution in [0.3, 0.4) is 0 Å². The maximum Gasteiger partial charge on any atom is 0.250 e. The highest BCUT2D eigenvalue weighted by Gasteiger charge is 2.29. The number of ether oxygens (including phenoxy) is 1. The van der Waals surface area contributed by atoms with Crippen LogP contribution in [0.25, 0.3) is 0 Å². The van der Waals surface area contributed by atoms with Gasteiger partial charge in [-0.3, -0.25) is 4.79 Å². The molecule has 1 aromatic rings. The average molecular weight is 415 g/mol. The molecule has 3 rings (SSSR count). The quantitative estimate of drug-likeness (QED) is 0.770. The Kier molecular flexibility index (Phi) is 6.78. The number of hydrogen-bond donors (Lipinski definition) is 1. The van der Waals surface area contributed by atoms with Crippen molar-refractivity contribution in [2.24, 2.45) is 5.92 Å². The summed E-state index contributed by atoms with van der Waals surface area (Å²) < 4.78 is 32.7. The van der Waals surface area contributed by atoms with Crippen molar-refractivity contribution < 1.29 is 17.9 Å². The molecule has 1 amide bonds. The molecular formula is C19H27ClN2O4S. The Morgan fingerprint density at radius 1 is 1.22 bits per heavy atom. The van der Waals surface area contributed by atoms with Crippen molar-refractivity contribution in [1.29, 1.82) is 0 Å². The van der Waals surface area contributed by atoms with Gasteiger partial charge in [-0.05, 0) is 49.8 Å². The zero-order valence-corrected chi connectivity index (χ0v) is 17.2. The van der Waals surface area contributed by atoms with Crippen molar-refractivity contribution in [3.05, 3.63) is 23.2 Å². The number of carbonyl (C=O) groups excluding carboxylic acids is 1. The van der Waals surface area contributed by atoms with Crippen LogP contribution in [0, 0.1) is 5.92 Å². The van der Waals surface area contributed by atoms with Crippen LogP contribution in [0.2, 0.25) is 5.02 Å². The first kappa shape index (κ1) is 20.6. The lowest BCUT2D eigenvalue weighted by molar-refractivity contribution is -0.124. The third-order valence-electron chi connectivity index (χ3n) is 5.36. The number of anilines is 1. The molecule has 8 heteroatoms. The first-order valence-corrected chi connectivity index (χ1v) is 11.4. The van der Waals surface area contributed by atoms with Gasteiger partial charge in [0.2, 0.25) is 15.9 Å². The van der Waals surface area contributed by atoms with E-state index >= 15 is 0 Å². The number of carbonyl (C=O) groups is 1. The summed E-state index contributed by atoms with van der Waals surface area (Å²) in [5.41, 5.74) is 0.405. The molecule has 1 aliphatic carbocycles. The van der Waals surface area contributed by atoms with Crippen LogP contribution in [0.1, 0.15) is 45.4 Å². The highest BCUT2D eigenvalue weighted by atomic mass is 35.5. The van der Waals surface area contributed by atoms with Crippen LogP contribution in [0.4, 0.5) is 5.69 Å². The number of halogens is 1. The molecule has 2 aliphatic rings. The van der Waals surface area contributed by atoms with Crippen LogP contribution in [0.15, 0.2) is 23.1 Å². The summed E-state index contributed by atoms with van der Waals surface area (Å²) in [4.78, 5) is 12.3. The van der Waals surface area contributed by atoms with E-state index in [0.717, 1.165) is 32.1 Å². The van der Waals surface area contributed by atoms with Crippen LogP contribution >= 0.6 is 11.6 Å². The van der Waals surface area contributed by atoms with Crippen LogP contribution in [-0.4, -0.2) is 44.4 Å².